The number of ether oxygens (including phenoxy) is 2. The van der Waals surface area contributed by atoms with Crippen molar-refractivity contribution in [3.05, 3.63) is 12.2 Å². The second-order valence-corrected chi connectivity index (χ2v) is 9.99. The van der Waals surface area contributed by atoms with Gasteiger partial charge in [0.2, 0.25) is 0 Å². The van der Waals surface area contributed by atoms with E-state index in [2.05, 4.69) is 55.4 Å². The summed E-state index contributed by atoms with van der Waals surface area (Å²) in [5.74, 6) is -0.00400. The van der Waals surface area contributed by atoms with Crippen LogP contribution in [0.1, 0.15) is 81.1 Å². The van der Waals surface area contributed by atoms with Crippen LogP contribution in [0.15, 0.2) is 12.2 Å². The average Bonchev–Trinajstić information content (AvgIpc) is 2.41. The lowest BCUT2D eigenvalue weighted by molar-refractivity contribution is -0.140. The minimum absolute atomic E-state index is 0.275. The Bertz CT molecular complexity index is 410. The molecule has 0 fully saturated rings. The highest BCUT2D eigenvalue weighted by atomic mass is 16.5. The molecule has 0 rings (SSSR count). The molecule has 0 aliphatic rings. The average molecular weight is 369 g/mol. The van der Waals surface area contributed by atoms with E-state index >= 15 is 0 Å². The SMILES string of the molecule is C[C@H](CCOC(=O)/C=C/C(=O)OCC[C@@H](C)CC(C)(C)C)CC(C)(C)C. The van der Waals surface area contributed by atoms with Crippen LogP contribution in [0.25, 0.3) is 0 Å². The Morgan fingerprint density at radius 2 is 1.04 bits per heavy atom. The quantitative estimate of drug-likeness (QED) is 0.374. The summed E-state index contributed by atoms with van der Waals surface area (Å²) in [6.07, 6.45) is 6.12. The third-order valence-electron chi connectivity index (χ3n) is 3.99. The molecule has 0 amide bonds. The number of hydrogen-bond donors (Lipinski definition) is 0. The summed E-state index contributed by atoms with van der Waals surface area (Å²) < 4.78 is 10.3. The molecular formula is C22H40O4. The summed E-state index contributed by atoms with van der Waals surface area (Å²) in [5.41, 5.74) is 0.551. The molecule has 0 aromatic heterocycles. The summed E-state index contributed by atoms with van der Waals surface area (Å²) >= 11 is 0. The summed E-state index contributed by atoms with van der Waals surface area (Å²) in [6.45, 7) is 18.3. The van der Waals surface area contributed by atoms with Gasteiger partial charge in [-0.1, -0.05) is 55.4 Å². The Morgan fingerprint density at radius 1 is 0.731 bits per heavy atom. The van der Waals surface area contributed by atoms with Crippen LogP contribution in [0.5, 0.6) is 0 Å². The standard InChI is InChI=1S/C22H40O4/c1-17(15-21(3,4)5)11-13-25-19(23)9-10-20(24)26-14-12-18(2)16-22(6,7)8/h9-10,17-18H,11-16H2,1-8H3/b10-9+/t17-,18-/m1/s1. The van der Waals surface area contributed by atoms with E-state index in [0.29, 0.717) is 25.0 Å². The van der Waals surface area contributed by atoms with Crippen LogP contribution in [0, 0.1) is 22.7 Å². The Hall–Kier alpha value is -1.32. The lowest BCUT2D eigenvalue weighted by atomic mass is 9.84. The van der Waals surface area contributed by atoms with Gasteiger partial charge in [-0.05, 0) is 48.3 Å². The first-order valence-electron chi connectivity index (χ1n) is 9.80. The first kappa shape index (κ1) is 24.7. The van der Waals surface area contributed by atoms with Gasteiger partial charge in [0.15, 0.2) is 0 Å². The fraction of sp³-hybridized carbons (Fsp3) is 0.818. The molecule has 152 valence electrons. The van der Waals surface area contributed by atoms with Gasteiger partial charge in [-0.15, -0.1) is 0 Å². The Labute approximate surface area is 160 Å². The molecule has 0 radical (unpaired) electrons. The van der Waals surface area contributed by atoms with Crippen LogP contribution in [0.4, 0.5) is 0 Å². The van der Waals surface area contributed by atoms with E-state index in [0.717, 1.165) is 37.8 Å². The van der Waals surface area contributed by atoms with Crippen LogP contribution >= 0.6 is 0 Å². The zero-order chi connectivity index (χ0) is 20.4. The molecule has 2 atom stereocenters. The molecule has 4 heteroatoms. The van der Waals surface area contributed by atoms with Gasteiger partial charge >= 0.3 is 11.9 Å². The number of carbonyl (C=O) groups excluding carboxylic acids is 2. The first-order chi connectivity index (χ1) is 11.8. The summed E-state index contributed by atoms with van der Waals surface area (Å²) in [7, 11) is 0. The third kappa shape index (κ3) is 16.2. The van der Waals surface area contributed by atoms with Gasteiger partial charge in [0.1, 0.15) is 0 Å². The van der Waals surface area contributed by atoms with Crippen molar-refractivity contribution >= 4 is 11.9 Å². The van der Waals surface area contributed by atoms with E-state index < -0.39 is 11.9 Å². The lowest BCUT2D eigenvalue weighted by Gasteiger charge is -2.23. The Balaban J connectivity index is 3.94. The highest BCUT2D eigenvalue weighted by molar-refractivity contribution is 5.91. The molecule has 0 heterocycles. The molecule has 0 aromatic carbocycles. The van der Waals surface area contributed by atoms with E-state index in [4.69, 9.17) is 9.47 Å². The van der Waals surface area contributed by atoms with E-state index in [9.17, 15) is 9.59 Å². The summed E-state index contributed by atoms with van der Waals surface area (Å²) in [5, 5.41) is 0. The van der Waals surface area contributed by atoms with E-state index in [1.54, 1.807) is 0 Å². The molecule has 0 unspecified atom stereocenters. The predicted molar refractivity (Wildman–Crippen MR) is 107 cm³/mol. The minimum Gasteiger partial charge on any atom is -0.463 e. The van der Waals surface area contributed by atoms with Crippen molar-refractivity contribution < 1.29 is 19.1 Å². The monoisotopic (exact) mass is 368 g/mol. The molecule has 0 aliphatic heterocycles. The summed E-state index contributed by atoms with van der Waals surface area (Å²) in [6, 6.07) is 0. The third-order valence-corrected chi connectivity index (χ3v) is 3.99. The zero-order valence-electron chi connectivity index (χ0n) is 18.2. The van der Waals surface area contributed by atoms with Crippen molar-refractivity contribution in [1.29, 1.82) is 0 Å². The van der Waals surface area contributed by atoms with Gasteiger partial charge in [0.25, 0.3) is 0 Å². The van der Waals surface area contributed by atoms with Gasteiger partial charge < -0.3 is 9.47 Å². The van der Waals surface area contributed by atoms with Gasteiger partial charge in [0.05, 0.1) is 13.2 Å². The number of rotatable bonds is 10. The maximum atomic E-state index is 11.6. The lowest BCUT2D eigenvalue weighted by Crippen LogP contribution is -2.14. The minimum atomic E-state index is -0.494. The van der Waals surface area contributed by atoms with Crippen molar-refractivity contribution in [3.63, 3.8) is 0 Å². The van der Waals surface area contributed by atoms with Crippen molar-refractivity contribution in [3.8, 4) is 0 Å². The van der Waals surface area contributed by atoms with Crippen LogP contribution < -0.4 is 0 Å². The molecule has 0 aliphatic carbocycles. The fourth-order valence-corrected chi connectivity index (χ4v) is 3.25. The smallest absolute Gasteiger partial charge is 0.331 e. The largest absolute Gasteiger partial charge is 0.463 e. The molecule has 0 aromatic rings. The summed E-state index contributed by atoms with van der Waals surface area (Å²) in [4.78, 5) is 23.3. The predicted octanol–water partition coefficient (Wildman–Crippen LogP) is 5.55. The Kier molecular flexibility index (Phi) is 10.8. The van der Waals surface area contributed by atoms with Crippen LogP contribution in [0.2, 0.25) is 0 Å². The molecule has 0 bridgehead atoms. The molecule has 0 spiro atoms. The fourth-order valence-electron chi connectivity index (χ4n) is 3.25. The maximum Gasteiger partial charge on any atom is 0.331 e. The van der Waals surface area contributed by atoms with Crippen LogP contribution in [-0.2, 0) is 19.1 Å². The maximum absolute atomic E-state index is 11.6. The molecule has 0 saturated carbocycles. The molecular weight excluding hydrogens is 328 g/mol. The highest BCUT2D eigenvalue weighted by Gasteiger charge is 2.16. The topological polar surface area (TPSA) is 52.6 Å². The van der Waals surface area contributed by atoms with Gasteiger partial charge in [-0.25, -0.2) is 9.59 Å². The zero-order valence-corrected chi connectivity index (χ0v) is 18.2. The number of carbonyl (C=O) groups is 2. The van der Waals surface area contributed by atoms with E-state index in [1.807, 2.05) is 0 Å². The van der Waals surface area contributed by atoms with E-state index in [1.165, 1.54) is 0 Å². The van der Waals surface area contributed by atoms with Crippen molar-refractivity contribution in [2.75, 3.05) is 13.2 Å². The second kappa shape index (κ2) is 11.4. The molecule has 4 nitrogen and oxygen atoms in total. The molecule has 0 saturated heterocycles. The molecule has 0 N–H and O–H groups in total. The number of hydrogen-bond acceptors (Lipinski definition) is 4. The second-order valence-electron chi connectivity index (χ2n) is 9.99. The number of esters is 2. The Morgan fingerprint density at radius 3 is 1.31 bits per heavy atom. The normalized spacial score (nSPS) is 14.9. The van der Waals surface area contributed by atoms with Gasteiger partial charge in [-0.2, -0.15) is 0 Å². The highest BCUT2D eigenvalue weighted by Crippen LogP contribution is 2.26. The van der Waals surface area contributed by atoms with Crippen LogP contribution in [0.3, 0.4) is 0 Å². The first-order valence-corrected chi connectivity index (χ1v) is 9.80. The van der Waals surface area contributed by atoms with Crippen LogP contribution in [-0.4, -0.2) is 25.2 Å². The molecule has 26 heavy (non-hydrogen) atoms. The van der Waals surface area contributed by atoms with Gasteiger partial charge in [-0.3, -0.25) is 0 Å². The van der Waals surface area contributed by atoms with Gasteiger partial charge in [0, 0.05) is 12.2 Å². The van der Waals surface area contributed by atoms with Crippen molar-refractivity contribution in [2.45, 2.75) is 81.1 Å². The van der Waals surface area contributed by atoms with Crippen molar-refractivity contribution in [1.82, 2.24) is 0 Å². The van der Waals surface area contributed by atoms with Crippen molar-refractivity contribution in [2.24, 2.45) is 22.7 Å². The van der Waals surface area contributed by atoms with E-state index in [-0.39, 0.29) is 10.8 Å².